The number of anilines is 1. The second kappa shape index (κ2) is 11.3. The van der Waals surface area contributed by atoms with Crippen LogP contribution in [0, 0.1) is 6.92 Å². The minimum absolute atomic E-state index is 0.0377. The topological polar surface area (TPSA) is 85.0 Å². The van der Waals surface area contributed by atoms with Crippen molar-refractivity contribution in [2.75, 3.05) is 11.6 Å². The minimum atomic E-state index is -4.64. The van der Waals surface area contributed by atoms with Gasteiger partial charge in [-0.1, -0.05) is 71.4 Å². The van der Waals surface area contributed by atoms with E-state index in [1.54, 1.807) is 54.6 Å². The molecule has 1 aromatic heterocycles. The van der Waals surface area contributed by atoms with Crippen LogP contribution in [0.1, 0.15) is 27.2 Å². The van der Waals surface area contributed by atoms with Crippen molar-refractivity contribution in [3.05, 3.63) is 106 Å². The van der Waals surface area contributed by atoms with Gasteiger partial charge in [0.05, 0.1) is 22.5 Å². The standard InChI is InChI=1S/C27H19ClF3N3O4/c1-17-24(25(33-38-17)21-12-5-6-13-22(21)28)26(36)37-16-23(35)34(32-15-18-8-3-2-4-9-18)20-11-7-10-19(14-20)27(29,30)31/h2-15H,16H2,1H3/b32-15+. The Morgan fingerprint density at radius 3 is 2.47 bits per heavy atom. The number of aryl methyl sites for hydroxylation is 1. The largest absolute Gasteiger partial charge is 0.452 e. The zero-order chi connectivity index (χ0) is 27.3. The highest BCUT2D eigenvalue weighted by Crippen LogP contribution is 2.33. The van der Waals surface area contributed by atoms with Crippen LogP contribution in [0.4, 0.5) is 18.9 Å². The average molecular weight is 542 g/mol. The first-order chi connectivity index (χ1) is 18.1. The molecule has 0 saturated carbocycles. The maximum absolute atomic E-state index is 13.3. The molecule has 38 heavy (non-hydrogen) atoms. The number of rotatable bonds is 7. The fourth-order valence-corrected chi connectivity index (χ4v) is 3.69. The number of hydrazone groups is 1. The monoisotopic (exact) mass is 541 g/mol. The van der Waals surface area contributed by atoms with Crippen LogP contribution in [0.5, 0.6) is 0 Å². The quantitative estimate of drug-likeness (QED) is 0.150. The van der Waals surface area contributed by atoms with E-state index in [0.717, 1.165) is 23.2 Å². The van der Waals surface area contributed by atoms with Gasteiger partial charge < -0.3 is 9.26 Å². The lowest BCUT2D eigenvalue weighted by Gasteiger charge is -2.18. The molecule has 7 nitrogen and oxygen atoms in total. The Bertz CT molecular complexity index is 1490. The van der Waals surface area contributed by atoms with Gasteiger partial charge in [-0.05, 0) is 36.8 Å². The Balaban J connectivity index is 1.59. The number of hydrogen-bond acceptors (Lipinski definition) is 6. The molecule has 1 amide bonds. The Hall–Kier alpha value is -4.44. The molecule has 0 aliphatic heterocycles. The second-order valence-electron chi connectivity index (χ2n) is 7.93. The van der Waals surface area contributed by atoms with Gasteiger partial charge in [-0.25, -0.2) is 4.79 Å². The number of ether oxygens (including phenoxy) is 1. The number of halogens is 4. The molecular formula is C27H19ClF3N3O4. The smallest absolute Gasteiger partial charge is 0.416 e. The van der Waals surface area contributed by atoms with E-state index in [-0.39, 0.29) is 22.7 Å². The number of benzene rings is 3. The zero-order valence-electron chi connectivity index (χ0n) is 19.8. The van der Waals surface area contributed by atoms with Crippen molar-refractivity contribution in [1.82, 2.24) is 5.16 Å². The summed E-state index contributed by atoms with van der Waals surface area (Å²) < 4.78 is 50.3. The van der Waals surface area contributed by atoms with Gasteiger partial charge in [-0.3, -0.25) is 4.79 Å². The molecule has 4 rings (SSSR count). The summed E-state index contributed by atoms with van der Waals surface area (Å²) in [5.41, 5.74) is -0.0251. The van der Waals surface area contributed by atoms with Crippen molar-refractivity contribution in [2.24, 2.45) is 5.10 Å². The van der Waals surface area contributed by atoms with Crippen molar-refractivity contribution in [2.45, 2.75) is 13.1 Å². The van der Waals surface area contributed by atoms with Crippen LogP contribution in [0.3, 0.4) is 0 Å². The van der Waals surface area contributed by atoms with Crippen molar-refractivity contribution in [3.63, 3.8) is 0 Å². The first kappa shape index (κ1) is 26.6. The van der Waals surface area contributed by atoms with Gasteiger partial charge in [-0.2, -0.15) is 23.3 Å². The zero-order valence-corrected chi connectivity index (χ0v) is 20.5. The van der Waals surface area contributed by atoms with E-state index in [1.165, 1.54) is 19.2 Å². The van der Waals surface area contributed by atoms with Crippen LogP contribution in [0.15, 0.2) is 88.5 Å². The lowest BCUT2D eigenvalue weighted by Crippen LogP contribution is -2.31. The van der Waals surface area contributed by atoms with Crippen molar-refractivity contribution < 1.29 is 32.0 Å². The number of nitrogens with zero attached hydrogens (tertiary/aromatic N) is 3. The molecule has 0 radical (unpaired) electrons. The van der Waals surface area contributed by atoms with Crippen LogP contribution in [0.25, 0.3) is 11.3 Å². The molecule has 194 valence electrons. The third kappa shape index (κ3) is 6.09. The first-order valence-electron chi connectivity index (χ1n) is 11.1. The number of esters is 1. The summed E-state index contributed by atoms with van der Waals surface area (Å²) in [6.45, 7) is 0.665. The molecule has 1 heterocycles. The van der Waals surface area contributed by atoms with Gasteiger partial charge in [0, 0.05) is 5.56 Å². The molecule has 4 aromatic rings. The van der Waals surface area contributed by atoms with Crippen LogP contribution >= 0.6 is 11.6 Å². The molecule has 3 aromatic carbocycles. The van der Waals surface area contributed by atoms with Crippen LogP contribution < -0.4 is 5.01 Å². The predicted molar refractivity (Wildman–Crippen MR) is 135 cm³/mol. The van der Waals surface area contributed by atoms with E-state index in [0.29, 0.717) is 16.1 Å². The maximum Gasteiger partial charge on any atom is 0.416 e. The summed E-state index contributed by atoms with van der Waals surface area (Å²) in [5, 5.41) is 9.02. The van der Waals surface area contributed by atoms with Gasteiger partial charge in [0.1, 0.15) is 17.0 Å². The fraction of sp³-hybridized carbons (Fsp3) is 0.111. The van der Waals surface area contributed by atoms with E-state index in [2.05, 4.69) is 10.3 Å². The second-order valence-corrected chi connectivity index (χ2v) is 8.33. The van der Waals surface area contributed by atoms with Crippen molar-refractivity contribution >= 4 is 35.4 Å². The Morgan fingerprint density at radius 2 is 1.76 bits per heavy atom. The lowest BCUT2D eigenvalue weighted by atomic mass is 10.1. The molecular weight excluding hydrogens is 523 g/mol. The molecule has 0 saturated heterocycles. The highest BCUT2D eigenvalue weighted by atomic mass is 35.5. The fourth-order valence-electron chi connectivity index (χ4n) is 3.46. The molecule has 0 N–H and O–H groups in total. The van der Waals surface area contributed by atoms with Gasteiger partial charge in [0.15, 0.2) is 6.61 Å². The molecule has 0 spiro atoms. The van der Waals surface area contributed by atoms with E-state index in [4.69, 9.17) is 20.9 Å². The highest BCUT2D eigenvalue weighted by Gasteiger charge is 2.32. The van der Waals surface area contributed by atoms with Crippen molar-refractivity contribution in [3.8, 4) is 11.3 Å². The van der Waals surface area contributed by atoms with Crippen molar-refractivity contribution in [1.29, 1.82) is 0 Å². The van der Waals surface area contributed by atoms with E-state index < -0.39 is 30.2 Å². The Kier molecular flexibility index (Phi) is 7.92. The summed E-state index contributed by atoms with van der Waals surface area (Å²) in [4.78, 5) is 26.0. The SMILES string of the molecule is Cc1onc(-c2ccccc2Cl)c1C(=O)OCC(=O)N(/N=C/c1ccccc1)c1cccc(C(F)(F)F)c1. The number of alkyl halides is 3. The van der Waals surface area contributed by atoms with Crippen LogP contribution in [-0.2, 0) is 15.7 Å². The summed E-state index contributed by atoms with van der Waals surface area (Å²) in [6, 6.07) is 19.4. The molecule has 0 atom stereocenters. The average Bonchev–Trinajstić information content (AvgIpc) is 3.29. The van der Waals surface area contributed by atoms with Gasteiger partial charge in [0.25, 0.3) is 5.91 Å². The van der Waals surface area contributed by atoms with Gasteiger partial charge >= 0.3 is 12.1 Å². The molecule has 0 bridgehead atoms. The first-order valence-corrected chi connectivity index (χ1v) is 11.5. The number of carbonyl (C=O) groups excluding carboxylic acids is 2. The number of aromatic nitrogens is 1. The summed E-state index contributed by atoms with van der Waals surface area (Å²) in [6.07, 6.45) is -3.33. The van der Waals surface area contributed by atoms with E-state index in [1.807, 2.05) is 0 Å². The Labute approximate surface area is 220 Å². The number of amides is 1. The summed E-state index contributed by atoms with van der Waals surface area (Å²) in [5.74, 6) is -1.68. The van der Waals surface area contributed by atoms with Gasteiger partial charge in [-0.15, -0.1) is 0 Å². The molecule has 0 fully saturated rings. The number of hydrogen-bond donors (Lipinski definition) is 0. The third-order valence-corrected chi connectivity index (χ3v) is 5.63. The molecule has 0 aliphatic carbocycles. The molecule has 0 unspecified atom stereocenters. The summed E-state index contributed by atoms with van der Waals surface area (Å²) >= 11 is 6.22. The Morgan fingerprint density at radius 1 is 1.05 bits per heavy atom. The highest BCUT2D eigenvalue weighted by molar-refractivity contribution is 6.33. The number of carbonyl (C=O) groups is 2. The third-order valence-electron chi connectivity index (χ3n) is 5.30. The minimum Gasteiger partial charge on any atom is -0.452 e. The molecule has 0 aliphatic rings. The van der Waals surface area contributed by atoms with Crippen LogP contribution in [-0.4, -0.2) is 29.9 Å². The maximum atomic E-state index is 13.3. The van der Waals surface area contributed by atoms with Gasteiger partial charge in [0.2, 0.25) is 0 Å². The normalized spacial score (nSPS) is 11.5. The lowest BCUT2D eigenvalue weighted by molar-refractivity contribution is -0.137. The van der Waals surface area contributed by atoms with Crippen LogP contribution in [0.2, 0.25) is 5.02 Å². The van der Waals surface area contributed by atoms with E-state index >= 15 is 0 Å². The van der Waals surface area contributed by atoms with E-state index in [9.17, 15) is 22.8 Å². The predicted octanol–water partition coefficient (Wildman–Crippen LogP) is 6.55. The molecule has 11 heteroatoms. The summed E-state index contributed by atoms with van der Waals surface area (Å²) in [7, 11) is 0.